The van der Waals surface area contributed by atoms with Crippen LogP contribution in [0, 0.1) is 5.92 Å². The second kappa shape index (κ2) is 3.69. The smallest absolute Gasteiger partial charge is 0.0433 e. The Balaban J connectivity index is 2.00. The SMILES string of the molecule is OCCC1CC1c1ccc(Cl)cc1. The molecule has 1 N–H and O–H groups in total. The summed E-state index contributed by atoms with van der Waals surface area (Å²) in [5.41, 5.74) is 1.36. The summed E-state index contributed by atoms with van der Waals surface area (Å²) >= 11 is 5.79. The summed E-state index contributed by atoms with van der Waals surface area (Å²) in [5.74, 6) is 1.37. The lowest BCUT2D eigenvalue weighted by Crippen LogP contribution is -1.87. The first kappa shape index (κ1) is 9.04. The second-order valence-electron chi connectivity index (χ2n) is 3.67. The van der Waals surface area contributed by atoms with Gasteiger partial charge in [-0.05, 0) is 42.4 Å². The van der Waals surface area contributed by atoms with Crippen LogP contribution in [0.1, 0.15) is 24.3 Å². The van der Waals surface area contributed by atoms with Crippen molar-refractivity contribution >= 4 is 11.6 Å². The number of benzene rings is 1. The fraction of sp³-hybridized carbons (Fsp3) is 0.455. The highest BCUT2D eigenvalue weighted by molar-refractivity contribution is 6.30. The molecule has 0 radical (unpaired) electrons. The van der Waals surface area contributed by atoms with Crippen molar-refractivity contribution in [3.05, 3.63) is 34.9 Å². The van der Waals surface area contributed by atoms with Crippen LogP contribution in [0.4, 0.5) is 0 Å². The number of halogens is 1. The predicted molar refractivity (Wildman–Crippen MR) is 54.0 cm³/mol. The molecule has 1 aliphatic carbocycles. The van der Waals surface area contributed by atoms with Gasteiger partial charge in [-0.15, -0.1) is 0 Å². The molecule has 0 aliphatic heterocycles. The molecule has 1 aliphatic rings. The van der Waals surface area contributed by atoms with E-state index in [4.69, 9.17) is 16.7 Å². The van der Waals surface area contributed by atoms with Gasteiger partial charge >= 0.3 is 0 Å². The molecule has 0 spiro atoms. The molecule has 13 heavy (non-hydrogen) atoms. The molecular weight excluding hydrogens is 184 g/mol. The average Bonchev–Trinajstić information content (AvgIpc) is 2.86. The first-order valence-electron chi connectivity index (χ1n) is 4.67. The quantitative estimate of drug-likeness (QED) is 0.789. The lowest BCUT2D eigenvalue weighted by atomic mass is 10.1. The van der Waals surface area contributed by atoms with Crippen LogP contribution in [-0.2, 0) is 0 Å². The Bertz CT molecular complexity index is 281. The van der Waals surface area contributed by atoms with Crippen molar-refractivity contribution in [2.24, 2.45) is 5.92 Å². The van der Waals surface area contributed by atoms with Gasteiger partial charge in [0.05, 0.1) is 0 Å². The zero-order valence-electron chi connectivity index (χ0n) is 7.41. The summed E-state index contributed by atoms with van der Waals surface area (Å²) in [4.78, 5) is 0. The van der Waals surface area contributed by atoms with Gasteiger partial charge in [-0.3, -0.25) is 0 Å². The third kappa shape index (κ3) is 2.04. The van der Waals surface area contributed by atoms with Crippen molar-refractivity contribution < 1.29 is 5.11 Å². The van der Waals surface area contributed by atoms with E-state index in [2.05, 4.69) is 12.1 Å². The van der Waals surface area contributed by atoms with Gasteiger partial charge < -0.3 is 5.11 Å². The highest BCUT2D eigenvalue weighted by Crippen LogP contribution is 2.49. The average molecular weight is 197 g/mol. The van der Waals surface area contributed by atoms with E-state index in [1.165, 1.54) is 12.0 Å². The predicted octanol–water partition coefficient (Wildman–Crippen LogP) is 2.83. The van der Waals surface area contributed by atoms with Crippen LogP contribution < -0.4 is 0 Å². The number of hydrogen-bond acceptors (Lipinski definition) is 1. The molecule has 0 aromatic heterocycles. The molecule has 0 bridgehead atoms. The molecule has 2 unspecified atom stereocenters. The fourth-order valence-electron chi connectivity index (χ4n) is 1.85. The number of rotatable bonds is 3. The lowest BCUT2D eigenvalue weighted by molar-refractivity contribution is 0.279. The van der Waals surface area contributed by atoms with E-state index >= 15 is 0 Å². The van der Waals surface area contributed by atoms with Gasteiger partial charge in [-0.1, -0.05) is 23.7 Å². The summed E-state index contributed by atoms with van der Waals surface area (Å²) in [7, 11) is 0. The number of aliphatic hydroxyl groups excluding tert-OH is 1. The molecule has 1 aromatic rings. The Kier molecular flexibility index (Phi) is 2.56. The highest BCUT2D eigenvalue weighted by atomic mass is 35.5. The summed E-state index contributed by atoms with van der Waals surface area (Å²) in [6.07, 6.45) is 2.16. The van der Waals surface area contributed by atoms with Crippen LogP contribution in [0.25, 0.3) is 0 Å². The van der Waals surface area contributed by atoms with Crippen LogP contribution in [0.15, 0.2) is 24.3 Å². The van der Waals surface area contributed by atoms with Gasteiger partial charge in [0, 0.05) is 11.6 Å². The van der Waals surface area contributed by atoms with Crippen LogP contribution >= 0.6 is 11.6 Å². The van der Waals surface area contributed by atoms with E-state index in [0.29, 0.717) is 18.4 Å². The fourth-order valence-corrected chi connectivity index (χ4v) is 1.98. The van der Waals surface area contributed by atoms with Crippen LogP contribution in [0.3, 0.4) is 0 Å². The topological polar surface area (TPSA) is 20.2 Å². The van der Waals surface area contributed by atoms with Gasteiger partial charge in [0.15, 0.2) is 0 Å². The Morgan fingerprint density at radius 3 is 2.62 bits per heavy atom. The molecule has 1 nitrogen and oxygen atoms in total. The number of aliphatic hydroxyl groups is 1. The zero-order valence-corrected chi connectivity index (χ0v) is 8.17. The molecule has 0 heterocycles. The molecule has 2 heteroatoms. The summed E-state index contributed by atoms with van der Waals surface area (Å²) < 4.78 is 0. The maximum Gasteiger partial charge on any atom is 0.0433 e. The Labute approximate surface area is 83.3 Å². The van der Waals surface area contributed by atoms with Crippen LogP contribution in [0.2, 0.25) is 5.02 Å². The molecule has 1 fully saturated rings. The van der Waals surface area contributed by atoms with Crippen molar-refractivity contribution in [1.29, 1.82) is 0 Å². The third-order valence-electron chi connectivity index (χ3n) is 2.72. The Morgan fingerprint density at radius 2 is 2.00 bits per heavy atom. The minimum atomic E-state index is 0.314. The van der Waals surface area contributed by atoms with Crippen molar-refractivity contribution in [2.45, 2.75) is 18.8 Å². The van der Waals surface area contributed by atoms with E-state index in [0.717, 1.165) is 11.4 Å². The maximum absolute atomic E-state index is 8.76. The van der Waals surface area contributed by atoms with Gasteiger partial charge in [0.25, 0.3) is 0 Å². The van der Waals surface area contributed by atoms with Gasteiger partial charge in [-0.2, -0.15) is 0 Å². The van der Waals surface area contributed by atoms with Crippen molar-refractivity contribution in [1.82, 2.24) is 0 Å². The molecular formula is C11H13ClO. The van der Waals surface area contributed by atoms with Crippen LogP contribution in [0.5, 0.6) is 0 Å². The molecule has 2 atom stereocenters. The van der Waals surface area contributed by atoms with Crippen molar-refractivity contribution in [3.63, 3.8) is 0 Å². The van der Waals surface area contributed by atoms with Gasteiger partial charge in [-0.25, -0.2) is 0 Å². The molecule has 2 rings (SSSR count). The number of hydrogen-bond donors (Lipinski definition) is 1. The summed E-state index contributed by atoms with van der Waals surface area (Å²) in [5, 5.41) is 9.56. The van der Waals surface area contributed by atoms with E-state index in [-0.39, 0.29) is 0 Å². The normalized spacial score (nSPS) is 26.0. The van der Waals surface area contributed by atoms with Gasteiger partial charge in [0.1, 0.15) is 0 Å². The van der Waals surface area contributed by atoms with E-state index < -0.39 is 0 Å². The summed E-state index contributed by atoms with van der Waals surface area (Å²) in [6.45, 7) is 0.314. The first-order chi connectivity index (χ1) is 6.31. The zero-order chi connectivity index (χ0) is 9.26. The third-order valence-corrected chi connectivity index (χ3v) is 2.97. The second-order valence-corrected chi connectivity index (χ2v) is 4.10. The van der Waals surface area contributed by atoms with Gasteiger partial charge in [0.2, 0.25) is 0 Å². The van der Waals surface area contributed by atoms with E-state index in [1.54, 1.807) is 0 Å². The maximum atomic E-state index is 8.76. The van der Waals surface area contributed by atoms with E-state index in [1.807, 2.05) is 12.1 Å². The molecule has 0 saturated heterocycles. The van der Waals surface area contributed by atoms with Crippen molar-refractivity contribution in [3.8, 4) is 0 Å². The molecule has 1 aromatic carbocycles. The Hall–Kier alpha value is -0.530. The van der Waals surface area contributed by atoms with E-state index in [9.17, 15) is 0 Å². The van der Waals surface area contributed by atoms with Crippen LogP contribution in [-0.4, -0.2) is 11.7 Å². The minimum Gasteiger partial charge on any atom is -0.396 e. The molecule has 0 amide bonds. The largest absolute Gasteiger partial charge is 0.396 e. The monoisotopic (exact) mass is 196 g/mol. The highest BCUT2D eigenvalue weighted by Gasteiger charge is 2.37. The Morgan fingerprint density at radius 1 is 1.31 bits per heavy atom. The van der Waals surface area contributed by atoms with Crippen molar-refractivity contribution in [2.75, 3.05) is 6.61 Å². The summed E-state index contributed by atoms with van der Waals surface area (Å²) in [6, 6.07) is 8.05. The standard InChI is InChI=1S/C11H13ClO/c12-10-3-1-8(2-4-10)11-7-9(11)5-6-13/h1-4,9,11,13H,5-7H2. The molecule has 1 saturated carbocycles. The minimum absolute atomic E-state index is 0.314. The lowest BCUT2D eigenvalue weighted by Gasteiger charge is -1.99. The molecule has 70 valence electrons. The first-order valence-corrected chi connectivity index (χ1v) is 5.05.